The first-order chi connectivity index (χ1) is 24.2. The van der Waals surface area contributed by atoms with Gasteiger partial charge in [-0.15, -0.1) is 0 Å². The number of amides is 2. The highest BCUT2D eigenvalue weighted by atomic mass is 16.5. The summed E-state index contributed by atoms with van der Waals surface area (Å²) in [5, 5.41) is 13.3. The van der Waals surface area contributed by atoms with E-state index in [1.165, 1.54) is 20.2 Å². The van der Waals surface area contributed by atoms with Crippen LogP contribution >= 0.6 is 0 Å². The van der Waals surface area contributed by atoms with Crippen LogP contribution in [0.1, 0.15) is 68.5 Å². The molecule has 3 aromatic rings. The minimum atomic E-state index is -0.483. The van der Waals surface area contributed by atoms with E-state index in [4.69, 9.17) is 21.3 Å². The number of nitrogens with zero attached hydrogens (tertiary/aromatic N) is 5. The topological polar surface area (TPSA) is 186 Å². The molecule has 0 atom stereocenters. The third-order valence-corrected chi connectivity index (χ3v) is 8.41. The number of aromatic nitrogens is 3. The van der Waals surface area contributed by atoms with Crippen LogP contribution in [0.3, 0.4) is 0 Å². The maximum Gasteiger partial charge on any atom is 0.356 e. The summed E-state index contributed by atoms with van der Waals surface area (Å²) >= 11 is 0. The molecule has 14 nitrogen and oxygen atoms in total. The van der Waals surface area contributed by atoms with Crippen molar-refractivity contribution in [3.8, 4) is 11.1 Å². The Morgan fingerprint density at radius 3 is 2.38 bits per heavy atom. The number of benzene rings is 1. The molecule has 268 valence electrons. The van der Waals surface area contributed by atoms with Gasteiger partial charge in [-0.2, -0.15) is 5.10 Å². The first-order valence-electron chi connectivity index (χ1n) is 17.1. The van der Waals surface area contributed by atoms with Crippen molar-refractivity contribution in [1.29, 1.82) is 0 Å². The Morgan fingerprint density at radius 1 is 1.02 bits per heavy atom. The number of anilines is 2. The van der Waals surface area contributed by atoms with Crippen LogP contribution in [-0.4, -0.2) is 71.7 Å². The molecule has 3 aliphatic rings. The summed E-state index contributed by atoms with van der Waals surface area (Å²) in [6, 6.07) is 11.4. The lowest BCUT2D eigenvalue weighted by molar-refractivity contribution is -0.121. The molecule has 1 saturated carbocycles. The van der Waals surface area contributed by atoms with Crippen LogP contribution in [-0.2, 0) is 27.4 Å². The fourth-order valence-electron chi connectivity index (χ4n) is 5.87. The number of carbonyl (C=O) groups excluding carboxylic acids is 3. The van der Waals surface area contributed by atoms with Gasteiger partial charge in [0.2, 0.25) is 5.91 Å². The van der Waals surface area contributed by atoms with Gasteiger partial charge in [-0.3, -0.25) is 19.2 Å². The third-order valence-electron chi connectivity index (χ3n) is 8.41. The number of nitrogens with one attached hydrogen (secondary N) is 3. The molecule has 0 bridgehead atoms. The molecule has 7 N–H and O–H groups in total. The summed E-state index contributed by atoms with van der Waals surface area (Å²) < 4.78 is 6.90. The van der Waals surface area contributed by atoms with Crippen LogP contribution in [0.4, 0.5) is 11.4 Å². The van der Waals surface area contributed by atoms with Crippen LogP contribution in [0, 0.1) is 5.92 Å². The van der Waals surface area contributed by atoms with Crippen molar-refractivity contribution >= 4 is 29.2 Å². The van der Waals surface area contributed by atoms with E-state index in [-0.39, 0.29) is 35.1 Å². The Kier molecular flexibility index (Phi) is 12.6. The van der Waals surface area contributed by atoms with Crippen molar-refractivity contribution in [1.82, 2.24) is 30.3 Å². The van der Waals surface area contributed by atoms with Gasteiger partial charge in [-0.05, 0) is 31.0 Å². The lowest BCUT2D eigenvalue weighted by Crippen LogP contribution is -2.48. The van der Waals surface area contributed by atoms with Gasteiger partial charge in [-0.25, -0.2) is 9.78 Å². The van der Waals surface area contributed by atoms with Crippen LogP contribution in [0.25, 0.3) is 11.1 Å². The Labute approximate surface area is 293 Å². The van der Waals surface area contributed by atoms with Gasteiger partial charge in [0, 0.05) is 56.9 Å². The number of hydrogen-bond acceptors (Lipinski definition) is 11. The number of pyridine rings is 1. The van der Waals surface area contributed by atoms with Crippen LogP contribution in [0.5, 0.6) is 0 Å². The average Bonchev–Trinajstić information content (AvgIpc) is 3.90. The molecule has 50 heavy (non-hydrogen) atoms. The molecule has 1 saturated heterocycles. The Bertz CT molecular complexity index is 1750. The van der Waals surface area contributed by atoms with Gasteiger partial charge < -0.3 is 37.1 Å². The molecule has 1 aromatic carbocycles. The zero-order valence-corrected chi connectivity index (χ0v) is 30.0. The van der Waals surface area contributed by atoms with E-state index in [2.05, 4.69) is 35.4 Å². The van der Waals surface area contributed by atoms with E-state index in [1.54, 1.807) is 6.07 Å². The Morgan fingerprint density at radius 2 is 1.72 bits per heavy atom. The average molecular weight is 687 g/mol. The van der Waals surface area contributed by atoms with Crippen molar-refractivity contribution in [2.45, 2.75) is 59.7 Å². The largest absolute Gasteiger partial charge is 0.464 e. The number of para-hydroxylation sites is 1. The van der Waals surface area contributed by atoms with Gasteiger partial charge in [0.05, 0.1) is 54.4 Å². The second-order valence-electron chi connectivity index (χ2n) is 11.8. The van der Waals surface area contributed by atoms with E-state index >= 15 is 0 Å². The number of hydrogen-bond donors (Lipinski definition) is 5. The number of allylic oxidation sites excluding steroid dienone is 1. The molecule has 0 unspecified atom stereocenters. The summed E-state index contributed by atoms with van der Waals surface area (Å²) in [4.78, 5) is 45.5. The van der Waals surface area contributed by atoms with E-state index in [0.717, 1.165) is 54.1 Å². The summed E-state index contributed by atoms with van der Waals surface area (Å²) in [6.45, 7) is 10.8. The van der Waals surface area contributed by atoms with Gasteiger partial charge in [0.25, 0.3) is 5.91 Å². The van der Waals surface area contributed by atoms with E-state index in [1.807, 2.05) is 71.3 Å². The van der Waals surface area contributed by atoms with Gasteiger partial charge >= 0.3 is 5.97 Å². The number of nitrogens with two attached hydrogens (primary N) is 2. The minimum absolute atomic E-state index is 0.0290. The summed E-state index contributed by atoms with van der Waals surface area (Å²) in [5.74, 6) is -1.02. The van der Waals surface area contributed by atoms with Crippen molar-refractivity contribution < 1.29 is 19.1 Å². The molecule has 4 heterocycles. The quantitative estimate of drug-likeness (QED) is 0.120. The first-order valence-corrected chi connectivity index (χ1v) is 17.1. The lowest BCUT2D eigenvalue weighted by Gasteiger charge is -2.40. The molecule has 14 heteroatoms. The van der Waals surface area contributed by atoms with Gasteiger partial charge in [-0.1, -0.05) is 45.9 Å². The number of fused-ring (bicyclic) bond motifs is 3. The predicted molar refractivity (Wildman–Crippen MR) is 194 cm³/mol. The van der Waals surface area contributed by atoms with Crippen LogP contribution in [0.15, 0.2) is 65.9 Å². The summed E-state index contributed by atoms with van der Waals surface area (Å²) in [6.07, 6.45) is 5.05. The zero-order valence-electron chi connectivity index (χ0n) is 30.0. The predicted octanol–water partition coefficient (Wildman–Crippen LogP) is 3.45. The molecular formula is C36H50N10O4. The molecule has 2 aromatic heterocycles. The number of esters is 1. The van der Waals surface area contributed by atoms with Crippen LogP contribution in [0.2, 0.25) is 0 Å². The highest BCUT2D eigenvalue weighted by Gasteiger charge is 2.34. The smallest absolute Gasteiger partial charge is 0.356 e. The normalized spacial score (nSPS) is 15.7. The SMILES string of the molecule is CC.CC.CNC(=O)/C(N)=C(/C=C(\N)NC(=O)C1CC1)Nc1cccc2c1N(C)Cc1c-2cnn1C1CN(Cc2cccc(C(=O)OC)n2)C1. The maximum absolute atomic E-state index is 12.5. The lowest BCUT2D eigenvalue weighted by atomic mass is 9.97. The van der Waals surface area contributed by atoms with E-state index < -0.39 is 11.9 Å². The Hall–Kier alpha value is -5.37. The number of rotatable bonds is 10. The van der Waals surface area contributed by atoms with Crippen molar-refractivity contribution in [2.24, 2.45) is 17.4 Å². The number of ether oxygens (including phenoxy) is 1. The molecular weight excluding hydrogens is 636 g/mol. The molecule has 2 aliphatic heterocycles. The fourth-order valence-corrected chi connectivity index (χ4v) is 5.87. The van der Waals surface area contributed by atoms with Gasteiger partial charge in [0.1, 0.15) is 17.2 Å². The summed E-state index contributed by atoms with van der Waals surface area (Å²) in [5.41, 5.74) is 18.4. The molecule has 1 aliphatic carbocycles. The van der Waals surface area contributed by atoms with E-state index in [0.29, 0.717) is 24.5 Å². The molecule has 0 spiro atoms. The third kappa shape index (κ3) is 8.25. The Balaban J connectivity index is 0.00000136. The number of methoxy groups -OCH3 is 1. The fraction of sp³-hybridized carbons (Fsp3) is 0.417. The highest BCUT2D eigenvalue weighted by molar-refractivity contribution is 5.96. The van der Waals surface area contributed by atoms with Gasteiger partial charge in [0.15, 0.2) is 0 Å². The zero-order chi connectivity index (χ0) is 36.5. The minimum Gasteiger partial charge on any atom is -0.464 e. The van der Waals surface area contributed by atoms with Crippen molar-refractivity contribution in [2.75, 3.05) is 44.5 Å². The number of likely N-dealkylation sites (tertiary alicyclic amines) is 1. The monoisotopic (exact) mass is 686 g/mol. The second-order valence-corrected chi connectivity index (χ2v) is 11.8. The standard InChI is InChI=1S/C32H38N10O4.2C2H6/c1-35-31(44)28(34)25(12-27(33)39-30(43)18-10-11-18)38-23-8-5-7-21-22-13-36-42(26(22)17-40(2)29(21)23)20-15-41(16-20)14-19-6-4-9-24(37-19)32(45)46-3;2*1-2/h4-9,12-13,18,20,38H,10-11,14-17,33-34H2,1-3H3,(H,35,44)(H,39,43);2*1-2H3/b27-12+,28-25+;;. The number of likely N-dealkylation sites (N-methyl/N-ethyl adjacent to an activating group) is 1. The first kappa shape index (κ1) is 37.4. The molecule has 2 amide bonds. The number of carbonyl (C=O) groups is 3. The molecule has 6 rings (SSSR count). The van der Waals surface area contributed by atoms with Crippen molar-refractivity contribution in [3.05, 3.63) is 83.0 Å². The second kappa shape index (κ2) is 16.8. The summed E-state index contributed by atoms with van der Waals surface area (Å²) in [7, 11) is 4.84. The molecule has 0 radical (unpaired) electrons. The van der Waals surface area contributed by atoms with E-state index in [9.17, 15) is 14.4 Å². The van der Waals surface area contributed by atoms with Crippen LogP contribution < -0.4 is 32.3 Å². The maximum atomic E-state index is 12.5. The molecule has 2 fully saturated rings. The van der Waals surface area contributed by atoms with Crippen molar-refractivity contribution in [3.63, 3.8) is 0 Å². The highest BCUT2D eigenvalue weighted by Crippen LogP contribution is 2.44.